The number of rotatable bonds is 2. The monoisotopic (exact) mass is 315 g/mol. The Morgan fingerprint density at radius 3 is 1.11 bits per heavy atom. The zero-order valence-corrected chi connectivity index (χ0v) is 8.09. The number of hydrogen-bond donors (Lipinski definition) is 1. The summed E-state index contributed by atoms with van der Waals surface area (Å²) in [5, 5.41) is 18.5. The Bertz CT molecular complexity index is 308. The lowest BCUT2D eigenvalue weighted by Gasteiger charge is -2.47. The molecular weight excluding hydrogens is 313 g/mol. The summed E-state index contributed by atoms with van der Waals surface area (Å²) in [6, 6.07) is 0. The van der Waals surface area contributed by atoms with E-state index >= 15 is 0 Å². The maximum atomic E-state index is 12.3. The van der Waals surface area contributed by atoms with Gasteiger partial charge in [0.05, 0.1) is 5.79 Å². The quantitative estimate of drug-likeness (QED) is 0.625. The Morgan fingerprint density at radius 2 is 0.947 bits per heavy atom. The third-order valence-corrected chi connectivity index (χ3v) is 1.85. The summed E-state index contributed by atoms with van der Waals surface area (Å²) in [5.74, 6) is -19.7. The van der Waals surface area contributed by atoms with Gasteiger partial charge >= 0.3 is 24.5 Å². The summed E-state index contributed by atoms with van der Waals surface area (Å²) >= 11 is 0. The van der Waals surface area contributed by atoms with Crippen molar-refractivity contribution in [1.29, 1.82) is 0 Å². The zero-order chi connectivity index (χ0) is 16.1. The van der Waals surface area contributed by atoms with Gasteiger partial charge in [-0.05, 0) is 0 Å². The lowest BCUT2D eigenvalue weighted by molar-refractivity contribution is -0.643. The maximum absolute atomic E-state index is 12.3. The molecule has 0 saturated carbocycles. The van der Waals surface area contributed by atoms with Crippen LogP contribution in [0, 0.1) is 5.92 Å². The molecule has 0 aliphatic rings. The van der Waals surface area contributed by atoms with Gasteiger partial charge in [0.25, 0.3) is 0 Å². The van der Waals surface area contributed by atoms with Gasteiger partial charge < -0.3 is 10.2 Å². The van der Waals surface area contributed by atoms with Gasteiger partial charge in [0.1, 0.15) is 0 Å². The van der Waals surface area contributed by atoms with Crippen molar-refractivity contribution >= 4 is 0 Å². The van der Waals surface area contributed by atoms with Crippen molar-refractivity contribution < 1.29 is 58.5 Å². The molecule has 2 nitrogen and oxygen atoms in total. The molecule has 1 unspecified atom stereocenters. The van der Waals surface area contributed by atoms with Gasteiger partial charge in [0, 0.05) is 0 Å². The van der Waals surface area contributed by atoms with Gasteiger partial charge in [-0.15, -0.1) is 0 Å². The van der Waals surface area contributed by atoms with Crippen molar-refractivity contribution in [2.45, 2.75) is 30.2 Å². The highest BCUT2D eigenvalue weighted by Gasteiger charge is 2.75. The molecule has 1 atom stereocenters. The Labute approximate surface area is 96.0 Å². The topological polar surface area (TPSA) is 43.3 Å². The second-order valence-corrected chi connectivity index (χ2v) is 3.28. The Morgan fingerprint density at radius 1 is 0.684 bits per heavy atom. The van der Waals surface area contributed by atoms with Crippen molar-refractivity contribution in [3.63, 3.8) is 0 Å². The van der Waals surface area contributed by atoms with Crippen LogP contribution in [0.3, 0.4) is 0 Å². The van der Waals surface area contributed by atoms with E-state index in [2.05, 4.69) is 0 Å². The third kappa shape index (κ3) is 3.19. The highest BCUT2D eigenvalue weighted by atomic mass is 19.4. The van der Waals surface area contributed by atoms with Crippen LogP contribution in [-0.2, 0) is 0 Å². The Hall–Kier alpha value is -0.850. The van der Waals surface area contributed by atoms with Crippen molar-refractivity contribution in [2.75, 3.05) is 0 Å². The van der Waals surface area contributed by atoms with Gasteiger partial charge in [0.15, 0.2) is 5.92 Å². The molecule has 116 valence electrons. The molecule has 0 aliphatic heterocycles. The second-order valence-electron chi connectivity index (χ2n) is 3.28. The van der Waals surface area contributed by atoms with Gasteiger partial charge in [-0.25, -0.2) is 0 Å². The fraction of sp³-hybridized carbons (Fsp3) is 1.00. The first kappa shape index (κ1) is 18.1. The van der Waals surface area contributed by atoms with E-state index < -0.39 is 36.2 Å². The molecule has 0 aliphatic carbocycles. The van der Waals surface area contributed by atoms with Crippen LogP contribution in [0.15, 0.2) is 0 Å². The van der Waals surface area contributed by atoms with E-state index in [0.717, 1.165) is 0 Å². The van der Waals surface area contributed by atoms with Crippen LogP contribution in [0.2, 0.25) is 0 Å². The summed E-state index contributed by atoms with van der Waals surface area (Å²) in [7, 11) is 0. The van der Waals surface area contributed by atoms with E-state index in [-0.39, 0.29) is 0 Å². The summed E-state index contributed by atoms with van der Waals surface area (Å²) in [6.07, 6.45) is -20.8. The molecule has 0 saturated heterocycles. The predicted octanol–water partition coefficient (Wildman–Crippen LogP) is 1.97. The van der Waals surface area contributed by atoms with E-state index in [1.54, 1.807) is 0 Å². The highest BCUT2D eigenvalue weighted by Crippen LogP contribution is 2.52. The van der Waals surface area contributed by atoms with Gasteiger partial charge in [-0.2, -0.15) is 48.3 Å². The second kappa shape index (κ2) is 4.33. The van der Waals surface area contributed by atoms with Crippen LogP contribution in [-0.4, -0.2) is 35.3 Å². The largest absolute Gasteiger partial charge is 0.823 e. The minimum Gasteiger partial charge on any atom is -0.823 e. The number of hydrogen-bond acceptors (Lipinski definition) is 2. The fourth-order valence-electron chi connectivity index (χ4n) is 1.01. The van der Waals surface area contributed by atoms with Gasteiger partial charge in [-0.1, -0.05) is 0 Å². The first-order valence-electron chi connectivity index (χ1n) is 3.87. The molecule has 0 rings (SSSR count). The van der Waals surface area contributed by atoms with E-state index in [4.69, 9.17) is 5.11 Å². The molecule has 0 aromatic heterocycles. The first-order chi connectivity index (χ1) is 7.87. The molecule has 19 heavy (non-hydrogen) atoms. The zero-order valence-electron chi connectivity index (χ0n) is 8.09. The minimum atomic E-state index is -7.17. The summed E-state index contributed by atoms with van der Waals surface area (Å²) in [5.41, 5.74) is 0. The van der Waals surface area contributed by atoms with Gasteiger partial charge in [-0.3, -0.25) is 0 Å². The fourth-order valence-corrected chi connectivity index (χ4v) is 1.01. The van der Waals surface area contributed by atoms with Crippen LogP contribution >= 0.6 is 0 Å². The average molecular weight is 315 g/mol. The molecule has 0 aromatic rings. The molecule has 0 spiro atoms. The van der Waals surface area contributed by atoms with E-state index in [1.165, 1.54) is 0 Å². The first-order valence-corrected chi connectivity index (χ1v) is 3.87. The Kier molecular flexibility index (Phi) is 4.13. The molecular formula is C6H2F11O2-. The van der Waals surface area contributed by atoms with E-state index in [1.807, 2.05) is 0 Å². The molecule has 0 aromatic carbocycles. The van der Waals surface area contributed by atoms with Crippen molar-refractivity contribution in [1.82, 2.24) is 0 Å². The van der Waals surface area contributed by atoms with Crippen LogP contribution in [0.1, 0.15) is 0 Å². The SMILES string of the molecule is [O-]C(O)(C(C(F)(F)F)C(F)(F)F)C(F)(F)C(F)(F)F. The minimum absolute atomic E-state index is 5.82. The van der Waals surface area contributed by atoms with E-state index in [0.29, 0.717) is 0 Å². The molecule has 0 fully saturated rings. The lowest BCUT2D eigenvalue weighted by atomic mass is 9.91. The molecule has 0 heterocycles. The number of alkyl halides is 11. The molecule has 1 N–H and O–H groups in total. The Balaban J connectivity index is 5.97. The predicted molar refractivity (Wildman–Crippen MR) is 31.6 cm³/mol. The maximum Gasteiger partial charge on any atom is 0.454 e. The smallest absolute Gasteiger partial charge is 0.454 e. The number of halogens is 11. The van der Waals surface area contributed by atoms with Crippen LogP contribution in [0.5, 0.6) is 0 Å². The average Bonchev–Trinajstić information content (AvgIpc) is 1.92. The molecule has 13 heteroatoms. The molecule has 0 radical (unpaired) electrons. The van der Waals surface area contributed by atoms with Crippen molar-refractivity contribution in [2.24, 2.45) is 5.92 Å². The normalized spacial score (nSPS) is 18.6. The summed E-state index contributed by atoms with van der Waals surface area (Å²) < 4.78 is 131. The van der Waals surface area contributed by atoms with E-state index in [9.17, 15) is 53.4 Å². The molecule has 0 amide bonds. The lowest BCUT2D eigenvalue weighted by Crippen LogP contribution is -2.73. The summed E-state index contributed by atoms with van der Waals surface area (Å²) in [6.45, 7) is 0. The van der Waals surface area contributed by atoms with Crippen molar-refractivity contribution in [3.8, 4) is 0 Å². The van der Waals surface area contributed by atoms with Crippen LogP contribution < -0.4 is 5.11 Å². The van der Waals surface area contributed by atoms with Crippen LogP contribution in [0.25, 0.3) is 0 Å². The van der Waals surface area contributed by atoms with Gasteiger partial charge in [0.2, 0.25) is 0 Å². The highest BCUT2D eigenvalue weighted by molar-refractivity contribution is 4.98. The summed E-state index contributed by atoms with van der Waals surface area (Å²) in [4.78, 5) is 0. The standard InChI is InChI=1S/C6H2F11O2/c7-3(8,9)1(4(10,11)12)2(18,19)5(13,14)6(15,16)17/h1,18H/q-1. The molecule has 0 bridgehead atoms. The number of aliphatic hydroxyl groups is 1. The van der Waals surface area contributed by atoms with Crippen LogP contribution in [0.4, 0.5) is 48.3 Å². The third-order valence-electron chi connectivity index (χ3n) is 1.85. The van der Waals surface area contributed by atoms with Crippen molar-refractivity contribution in [3.05, 3.63) is 0 Å².